The zero-order valence-corrected chi connectivity index (χ0v) is 12.0. The van der Waals surface area contributed by atoms with Crippen LogP contribution < -0.4 is 5.32 Å². The molecule has 18 heavy (non-hydrogen) atoms. The van der Waals surface area contributed by atoms with Gasteiger partial charge in [-0.15, -0.1) is 11.3 Å². The lowest BCUT2D eigenvalue weighted by Gasteiger charge is -2.41. The van der Waals surface area contributed by atoms with Gasteiger partial charge in [0, 0.05) is 38.8 Å². The Morgan fingerprint density at radius 3 is 2.61 bits per heavy atom. The van der Waals surface area contributed by atoms with E-state index < -0.39 is 0 Å². The number of hydrogen-bond donors (Lipinski definition) is 1. The van der Waals surface area contributed by atoms with E-state index in [1.807, 2.05) is 23.5 Å². The van der Waals surface area contributed by atoms with Crippen LogP contribution in [0.15, 0.2) is 11.6 Å². The van der Waals surface area contributed by atoms with E-state index in [-0.39, 0.29) is 11.6 Å². The highest BCUT2D eigenvalue weighted by Crippen LogP contribution is 2.33. The number of amides is 2. The average Bonchev–Trinajstić information content (AvgIpc) is 2.92. The molecule has 0 saturated carbocycles. The van der Waals surface area contributed by atoms with E-state index in [0.717, 1.165) is 30.9 Å². The molecule has 5 nitrogen and oxygen atoms in total. The largest absolute Gasteiger partial charge is 0.331 e. The Bertz CT molecular complexity index is 396. The first-order chi connectivity index (χ1) is 8.59. The van der Waals surface area contributed by atoms with E-state index >= 15 is 0 Å². The Morgan fingerprint density at radius 1 is 1.50 bits per heavy atom. The number of rotatable bonds is 2. The Hall–Kier alpha value is -1.14. The smallest absolute Gasteiger partial charge is 0.319 e. The number of piperidine rings is 1. The minimum absolute atomic E-state index is 0.0583. The lowest BCUT2D eigenvalue weighted by atomic mass is 9.88. The second-order valence-corrected chi connectivity index (χ2v) is 5.73. The van der Waals surface area contributed by atoms with Gasteiger partial charge in [-0.25, -0.2) is 9.78 Å². The molecule has 0 atom stereocenters. The van der Waals surface area contributed by atoms with Crippen molar-refractivity contribution in [3.05, 3.63) is 16.6 Å². The van der Waals surface area contributed by atoms with E-state index in [0.29, 0.717) is 0 Å². The summed E-state index contributed by atoms with van der Waals surface area (Å²) in [7, 11) is 5.57. The molecule has 1 aliphatic heterocycles. The van der Waals surface area contributed by atoms with Crippen LogP contribution in [-0.2, 0) is 5.54 Å². The fraction of sp³-hybridized carbons (Fsp3) is 0.667. The van der Waals surface area contributed by atoms with Gasteiger partial charge in [-0.3, -0.25) is 0 Å². The van der Waals surface area contributed by atoms with Crippen molar-refractivity contribution < 1.29 is 4.79 Å². The minimum atomic E-state index is -0.0583. The van der Waals surface area contributed by atoms with Gasteiger partial charge in [0.15, 0.2) is 0 Å². The standard InChI is InChI=1S/C12H20N4OS/c1-13-12(10-14-6-9-18-10)4-7-16(8-5-12)11(17)15(2)3/h6,9,13H,4-5,7-8H2,1-3H3. The topological polar surface area (TPSA) is 48.5 Å². The molecule has 1 aromatic heterocycles. The maximum absolute atomic E-state index is 11.9. The van der Waals surface area contributed by atoms with E-state index in [4.69, 9.17) is 0 Å². The fourth-order valence-electron chi connectivity index (χ4n) is 2.39. The quantitative estimate of drug-likeness (QED) is 0.880. The number of thiazole rings is 1. The van der Waals surface area contributed by atoms with Gasteiger partial charge in [0.1, 0.15) is 5.01 Å². The SMILES string of the molecule is CNC1(c2nccs2)CCN(C(=O)N(C)C)CC1. The number of nitrogens with one attached hydrogen (secondary N) is 1. The normalized spacial score (nSPS) is 18.7. The molecule has 0 aliphatic carbocycles. The molecule has 1 N–H and O–H groups in total. The van der Waals surface area contributed by atoms with Crippen molar-refractivity contribution in [2.75, 3.05) is 34.2 Å². The van der Waals surface area contributed by atoms with Gasteiger partial charge in [0.25, 0.3) is 0 Å². The van der Waals surface area contributed by atoms with Gasteiger partial charge in [0.2, 0.25) is 0 Å². The third kappa shape index (κ3) is 2.35. The molecule has 0 bridgehead atoms. The number of nitrogens with zero attached hydrogens (tertiary/aromatic N) is 3. The van der Waals surface area contributed by atoms with Gasteiger partial charge >= 0.3 is 6.03 Å². The van der Waals surface area contributed by atoms with Crippen molar-refractivity contribution in [3.63, 3.8) is 0 Å². The Labute approximate surface area is 112 Å². The highest BCUT2D eigenvalue weighted by atomic mass is 32.1. The summed E-state index contributed by atoms with van der Waals surface area (Å²) in [5.41, 5.74) is -0.0583. The number of likely N-dealkylation sites (tertiary alicyclic amines) is 1. The van der Waals surface area contributed by atoms with Crippen LogP contribution in [0.1, 0.15) is 17.8 Å². The van der Waals surface area contributed by atoms with Crippen LogP contribution in [0.2, 0.25) is 0 Å². The number of aromatic nitrogens is 1. The molecule has 2 amide bonds. The summed E-state index contributed by atoms with van der Waals surface area (Å²) in [6.45, 7) is 1.55. The maximum atomic E-state index is 11.9. The van der Waals surface area contributed by atoms with Crippen LogP contribution in [0.25, 0.3) is 0 Å². The first-order valence-electron chi connectivity index (χ1n) is 6.14. The van der Waals surface area contributed by atoms with Gasteiger partial charge < -0.3 is 15.1 Å². The summed E-state index contributed by atoms with van der Waals surface area (Å²) < 4.78 is 0. The third-order valence-electron chi connectivity index (χ3n) is 3.59. The highest BCUT2D eigenvalue weighted by molar-refractivity contribution is 7.09. The number of carbonyl (C=O) groups excluding carboxylic acids is 1. The predicted octanol–water partition coefficient (Wildman–Crippen LogP) is 1.34. The highest BCUT2D eigenvalue weighted by Gasteiger charge is 2.38. The zero-order chi connectivity index (χ0) is 13.2. The van der Waals surface area contributed by atoms with Crippen LogP contribution in [0, 0.1) is 0 Å². The van der Waals surface area contributed by atoms with E-state index in [2.05, 4.69) is 10.3 Å². The van der Waals surface area contributed by atoms with E-state index in [9.17, 15) is 4.79 Å². The van der Waals surface area contributed by atoms with Gasteiger partial charge in [0.05, 0.1) is 5.54 Å². The first-order valence-corrected chi connectivity index (χ1v) is 7.02. The first kappa shape index (κ1) is 13.3. The van der Waals surface area contributed by atoms with Crippen molar-refractivity contribution in [1.82, 2.24) is 20.1 Å². The van der Waals surface area contributed by atoms with Crippen molar-refractivity contribution >= 4 is 17.4 Å². The molecule has 6 heteroatoms. The van der Waals surface area contributed by atoms with Crippen molar-refractivity contribution in [3.8, 4) is 0 Å². The summed E-state index contributed by atoms with van der Waals surface area (Å²) in [6.07, 6.45) is 3.67. The summed E-state index contributed by atoms with van der Waals surface area (Å²) in [5, 5.41) is 6.54. The average molecular weight is 268 g/mol. The monoisotopic (exact) mass is 268 g/mol. The third-order valence-corrected chi connectivity index (χ3v) is 4.57. The van der Waals surface area contributed by atoms with Crippen LogP contribution in [0.3, 0.4) is 0 Å². The van der Waals surface area contributed by atoms with Crippen molar-refractivity contribution in [1.29, 1.82) is 0 Å². The lowest BCUT2D eigenvalue weighted by Crippen LogP contribution is -2.52. The Balaban J connectivity index is 2.06. The molecule has 2 heterocycles. The second kappa shape index (κ2) is 5.24. The summed E-state index contributed by atoms with van der Waals surface area (Å²) in [4.78, 5) is 19.9. The maximum Gasteiger partial charge on any atom is 0.319 e. The van der Waals surface area contributed by atoms with Crippen LogP contribution in [0.5, 0.6) is 0 Å². The van der Waals surface area contributed by atoms with E-state index in [1.165, 1.54) is 0 Å². The van der Waals surface area contributed by atoms with Crippen LogP contribution in [0.4, 0.5) is 4.79 Å². The fourth-order valence-corrected chi connectivity index (χ4v) is 3.30. The minimum Gasteiger partial charge on any atom is -0.331 e. The van der Waals surface area contributed by atoms with Crippen LogP contribution in [-0.4, -0.2) is 55.0 Å². The van der Waals surface area contributed by atoms with E-state index in [1.54, 1.807) is 30.3 Å². The molecule has 100 valence electrons. The molecule has 2 rings (SSSR count). The molecule has 1 aromatic rings. The molecule has 0 spiro atoms. The number of carbonyl (C=O) groups is 1. The molecule has 1 saturated heterocycles. The number of urea groups is 1. The molecular weight excluding hydrogens is 248 g/mol. The summed E-state index contributed by atoms with van der Waals surface area (Å²) in [5.74, 6) is 0. The van der Waals surface area contributed by atoms with Crippen molar-refractivity contribution in [2.45, 2.75) is 18.4 Å². The molecule has 0 unspecified atom stereocenters. The zero-order valence-electron chi connectivity index (χ0n) is 11.1. The molecule has 0 aromatic carbocycles. The van der Waals surface area contributed by atoms with Gasteiger partial charge in [-0.2, -0.15) is 0 Å². The predicted molar refractivity (Wildman–Crippen MR) is 72.7 cm³/mol. The number of hydrogen-bond acceptors (Lipinski definition) is 4. The molecule has 1 fully saturated rings. The molecular formula is C12H20N4OS. The Morgan fingerprint density at radius 2 is 2.17 bits per heavy atom. The summed E-state index contributed by atoms with van der Waals surface area (Å²) in [6, 6.07) is 0.0961. The second-order valence-electron chi connectivity index (χ2n) is 4.83. The molecule has 0 radical (unpaired) electrons. The molecule has 1 aliphatic rings. The van der Waals surface area contributed by atoms with Crippen LogP contribution >= 0.6 is 11.3 Å². The summed E-state index contributed by atoms with van der Waals surface area (Å²) >= 11 is 1.68. The lowest BCUT2D eigenvalue weighted by molar-refractivity contribution is 0.127. The van der Waals surface area contributed by atoms with Gasteiger partial charge in [-0.1, -0.05) is 0 Å². The Kier molecular flexibility index (Phi) is 3.87. The van der Waals surface area contributed by atoms with Crippen molar-refractivity contribution in [2.24, 2.45) is 0 Å². The van der Waals surface area contributed by atoms with Gasteiger partial charge in [-0.05, 0) is 19.9 Å².